The molecule has 0 aromatic heterocycles. The lowest BCUT2D eigenvalue weighted by Crippen LogP contribution is -2.20. The Bertz CT molecular complexity index is 487. The van der Waals surface area contributed by atoms with Crippen molar-refractivity contribution in [3.63, 3.8) is 0 Å². The van der Waals surface area contributed by atoms with Crippen LogP contribution in [0.25, 0.3) is 0 Å². The third kappa shape index (κ3) is 2.15. The van der Waals surface area contributed by atoms with Gasteiger partial charge in [0.25, 0.3) is 0 Å². The van der Waals surface area contributed by atoms with Crippen molar-refractivity contribution in [2.45, 2.75) is 12.5 Å². The molecule has 0 aliphatic carbocycles. The fraction of sp³-hybridized carbons (Fsp3) is 0.182. The quantitative estimate of drug-likeness (QED) is 0.690. The number of nitrogens with zero attached hydrogens (tertiary/aromatic N) is 1. The summed E-state index contributed by atoms with van der Waals surface area (Å²) < 4.78 is 27.8. The van der Waals surface area contributed by atoms with Gasteiger partial charge < -0.3 is 0 Å². The normalized spacial score (nSPS) is 24.4. The van der Waals surface area contributed by atoms with E-state index in [2.05, 4.69) is 27.6 Å². The van der Waals surface area contributed by atoms with Crippen LogP contribution in [0.3, 0.4) is 0 Å². The second-order valence-electron chi connectivity index (χ2n) is 3.55. The minimum absolute atomic E-state index is 0.262. The van der Waals surface area contributed by atoms with Gasteiger partial charge in [0.05, 0.1) is 8.46 Å². The molecule has 0 fully saturated rings. The summed E-state index contributed by atoms with van der Waals surface area (Å²) in [6, 6.07) is 4.17. The summed E-state index contributed by atoms with van der Waals surface area (Å²) in [4.78, 5) is 4.23. The molecule has 5 heteroatoms. The average Bonchev–Trinajstić information content (AvgIpc) is 2.21. The summed E-state index contributed by atoms with van der Waals surface area (Å²) in [6.45, 7) is 1.76. The third-order valence-corrected chi connectivity index (χ3v) is 4.01. The van der Waals surface area contributed by atoms with Crippen molar-refractivity contribution in [2.24, 2.45) is 4.99 Å². The Hall–Kier alpha value is -0.430. The maximum atomic E-state index is 13.7. The van der Waals surface area contributed by atoms with Gasteiger partial charge >= 0.3 is 0 Å². The highest BCUT2D eigenvalue weighted by molar-refractivity contribution is 14.1. The number of rotatable bonds is 1. The molecule has 1 aromatic carbocycles. The van der Waals surface area contributed by atoms with E-state index < -0.39 is 17.2 Å². The van der Waals surface area contributed by atoms with E-state index in [4.69, 9.17) is 0 Å². The molecule has 0 spiro atoms. The maximum absolute atomic E-state index is 13.7. The Kier molecular flexibility index (Phi) is 3.34. The van der Waals surface area contributed by atoms with Gasteiger partial charge in [0, 0.05) is 5.56 Å². The molecule has 16 heavy (non-hydrogen) atoms. The zero-order valence-corrected chi connectivity index (χ0v) is 11.4. The van der Waals surface area contributed by atoms with E-state index in [1.165, 1.54) is 17.8 Å². The van der Waals surface area contributed by atoms with Gasteiger partial charge in [-0.3, -0.25) is 4.99 Å². The van der Waals surface area contributed by atoms with Gasteiger partial charge in [0.1, 0.15) is 5.54 Å². The first kappa shape index (κ1) is 12.0. The Balaban J connectivity index is 2.55. The van der Waals surface area contributed by atoms with Gasteiger partial charge in [-0.2, -0.15) is 0 Å². The summed E-state index contributed by atoms with van der Waals surface area (Å²) in [5, 5.41) is 0. The lowest BCUT2D eigenvalue weighted by atomic mass is 9.92. The lowest BCUT2D eigenvalue weighted by molar-refractivity contribution is 0.475. The van der Waals surface area contributed by atoms with Crippen molar-refractivity contribution < 1.29 is 8.78 Å². The van der Waals surface area contributed by atoms with Crippen LogP contribution in [0.4, 0.5) is 8.78 Å². The van der Waals surface area contributed by atoms with Gasteiger partial charge in [0.2, 0.25) is 0 Å². The van der Waals surface area contributed by atoms with E-state index in [0.29, 0.717) is 0 Å². The van der Waals surface area contributed by atoms with E-state index in [9.17, 15) is 8.78 Å². The van der Waals surface area contributed by atoms with Gasteiger partial charge in [-0.1, -0.05) is 23.9 Å². The fourth-order valence-corrected chi connectivity index (χ4v) is 3.14. The first-order valence-electron chi connectivity index (χ1n) is 4.56. The predicted octanol–water partition coefficient (Wildman–Crippen LogP) is 4.23. The zero-order valence-electron chi connectivity index (χ0n) is 8.38. The van der Waals surface area contributed by atoms with Crippen LogP contribution in [-0.2, 0) is 5.54 Å². The standard InChI is InChI=1S/C11H8F2INS/c1-11(5-9(14)16-6-15-11)7-3-2-4-8(12)10(7)13/h2-6H,1H3/t11-/m0/s1. The van der Waals surface area contributed by atoms with Gasteiger partial charge in [-0.15, -0.1) is 0 Å². The molecule has 0 radical (unpaired) electrons. The molecule has 0 unspecified atom stereocenters. The highest BCUT2D eigenvalue weighted by atomic mass is 127. The molecule has 0 saturated heterocycles. The molecule has 0 saturated carbocycles. The maximum Gasteiger partial charge on any atom is 0.164 e. The van der Waals surface area contributed by atoms with E-state index >= 15 is 0 Å². The second-order valence-corrected chi connectivity index (χ2v) is 6.33. The molecular formula is C11H8F2INS. The molecule has 0 bridgehead atoms. The van der Waals surface area contributed by atoms with Gasteiger partial charge in [-0.05, 0) is 41.7 Å². The SMILES string of the molecule is C[C@@]1(c2cccc(F)c2F)C=C(I)SC=N1. The number of thioether (sulfide) groups is 1. The summed E-state index contributed by atoms with van der Waals surface area (Å²) in [5.41, 5.74) is 1.11. The molecule has 1 aliphatic rings. The van der Waals surface area contributed by atoms with Crippen molar-refractivity contribution in [3.05, 3.63) is 44.4 Å². The number of aliphatic imine (C=N–C) groups is 1. The van der Waals surface area contributed by atoms with Gasteiger partial charge in [0.15, 0.2) is 11.6 Å². The molecule has 1 atom stereocenters. The minimum atomic E-state index is -0.837. The third-order valence-electron chi connectivity index (χ3n) is 2.38. The molecule has 1 heterocycles. The number of hydrogen-bond donors (Lipinski definition) is 0. The van der Waals surface area contributed by atoms with Crippen molar-refractivity contribution in [2.75, 3.05) is 0 Å². The largest absolute Gasteiger partial charge is 0.270 e. The fourth-order valence-electron chi connectivity index (χ4n) is 1.52. The molecule has 1 aromatic rings. The zero-order chi connectivity index (χ0) is 11.8. The summed E-state index contributed by atoms with van der Waals surface area (Å²) >= 11 is 3.61. The predicted molar refractivity (Wildman–Crippen MR) is 71.9 cm³/mol. The summed E-state index contributed by atoms with van der Waals surface area (Å²) in [6.07, 6.45) is 1.83. The smallest absolute Gasteiger partial charge is 0.164 e. The van der Waals surface area contributed by atoms with Crippen molar-refractivity contribution in [1.82, 2.24) is 0 Å². The first-order chi connectivity index (χ1) is 7.53. The van der Waals surface area contributed by atoms with E-state index in [0.717, 1.165) is 8.98 Å². The van der Waals surface area contributed by atoms with Crippen LogP contribution in [0, 0.1) is 11.6 Å². The molecule has 0 amide bonds. The molecule has 2 rings (SSSR count). The van der Waals surface area contributed by atoms with Gasteiger partial charge in [-0.25, -0.2) is 8.78 Å². The summed E-state index contributed by atoms with van der Waals surface area (Å²) in [5.74, 6) is -1.66. The van der Waals surface area contributed by atoms with Crippen LogP contribution in [-0.4, -0.2) is 5.55 Å². The molecule has 0 N–H and O–H groups in total. The Morgan fingerprint density at radius 3 is 2.81 bits per heavy atom. The Morgan fingerprint density at radius 1 is 1.38 bits per heavy atom. The van der Waals surface area contributed by atoms with Crippen LogP contribution in [0.5, 0.6) is 0 Å². The van der Waals surface area contributed by atoms with Crippen molar-refractivity contribution in [3.8, 4) is 0 Å². The Morgan fingerprint density at radius 2 is 2.12 bits per heavy atom. The Labute approximate surface area is 110 Å². The van der Waals surface area contributed by atoms with Crippen molar-refractivity contribution >= 4 is 39.9 Å². The van der Waals surface area contributed by atoms with E-state index in [-0.39, 0.29) is 5.56 Å². The van der Waals surface area contributed by atoms with Crippen LogP contribution < -0.4 is 0 Å². The van der Waals surface area contributed by atoms with Crippen LogP contribution in [0.1, 0.15) is 12.5 Å². The van der Waals surface area contributed by atoms with E-state index in [1.807, 2.05) is 6.08 Å². The molecule has 1 aliphatic heterocycles. The summed E-state index contributed by atoms with van der Waals surface area (Å²) in [7, 11) is 0. The highest BCUT2D eigenvalue weighted by Gasteiger charge is 2.29. The highest BCUT2D eigenvalue weighted by Crippen LogP contribution is 2.38. The molecule has 84 valence electrons. The monoisotopic (exact) mass is 351 g/mol. The number of benzene rings is 1. The topological polar surface area (TPSA) is 12.4 Å². The number of hydrogen-bond acceptors (Lipinski definition) is 2. The lowest BCUT2D eigenvalue weighted by Gasteiger charge is -2.25. The average molecular weight is 351 g/mol. The van der Waals surface area contributed by atoms with Crippen LogP contribution in [0.15, 0.2) is 32.2 Å². The minimum Gasteiger partial charge on any atom is -0.270 e. The number of halogens is 3. The molecule has 1 nitrogen and oxygen atoms in total. The van der Waals surface area contributed by atoms with E-state index in [1.54, 1.807) is 18.5 Å². The van der Waals surface area contributed by atoms with Crippen molar-refractivity contribution in [1.29, 1.82) is 0 Å². The van der Waals surface area contributed by atoms with Crippen LogP contribution in [0.2, 0.25) is 0 Å². The second kappa shape index (κ2) is 4.44. The van der Waals surface area contributed by atoms with Crippen LogP contribution >= 0.6 is 34.4 Å². The molecular weight excluding hydrogens is 343 g/mol. The first-order valence-corrected chi connectivity index (χ1v) is 6.52.